The van der Waals surface area contributed by atoms with E-state index in [0.717, 1.165) is 50.1 Å². The Kier molecular flexibility index (Phi) is 5.11. The highest BCUT2D eigenvalue weighted by Crippen LogP contribution is 2.32. The van der Waals surface area contributed by atoms with Crippen LogP contribution in [0.3, 0.4) is 0 Å². The van der Waals surface area contributed by atoms with Gasteiger partial charge in [-0.05, 0) is 31.0 Å². The Hall–Kier alpha value is -0.970. The van der Waals surface area contributed by atoms with E-state index in [1.165, 1.54) is 18.5 Å². The van der Waals surface area contributed by atoms with Gasteiger partial charge in [0.2, 0.25) is 0 Å². The van der Waals surface area contributed by atoms with E-state index in [1.807, 2.05) is 14.1 Å². The summed E-state index contributed by atoms with van der Waals surface area (Å²) in [6.45, 7) is 6.12. The van der Waals surface area contributed by atoms with Gasteiger partial charge in [0.15, 0.2) is 0 Å². The molecule has 0 amide bonds. The van der Waals surface area contributed by atoms with Gasteiger partial charge in [0, 0.05) is 52.0 Å². The molecule has 3 rings (SSSR count). The van der Waals surface area contributed by atoms with Gasteiger partial charge in [-0.25, -0.2) is 0 Å². The highest BCUT2D eigenvalue weighted by molar-refractivity contribution is 6.33. The van der Waals surface area contributed by atoms with E-state index in [0.29, 0.717) is 6.04 Å². The fourth-order valence-electron chi connectivity index (χ4n) is 3.44. The van der Waals surface area contributed by atoms with Crippen LogP contribution in [0.15, 0.2) is 18.2 Å². The van der Waals surface area contributed by atoms with E-state index in [9.17, 15) is 0 Å². The lowest BCUT2D eigenvalue weighted by Crippen LogP contribution is -2.49. The first-order valence-corrected chi connectivity index (χ1v) is 8.56. The van der Waals surface area contributed by atoms with E-state index in [2.05, 4.69) is 32.9 Å². The molecular weight excluding hydrogens is 298 g/mol. The standard InChI is InChI=1S/C17H26ClN3O/c1-19(2)15-3-4-17(16(18)13-15)21-7-5-14(6-8-21)20-9-11-22-12-10-20/h3-4,13-14H,5-12H2,1-2H3. The Morgan fingerprint density at radius 3 is 2.36 bits per heavy atom. The van der Waals surface area contributed by atoms with Crippen molar-refractivity contribution in [2.75, 3.05) is 63.3 Å². The van der Waals surface area contributed by atoms with Crippen LogP contribution in [0.2, 0.25) is 5.02 Å². The van der Waals surface area contributed by atoms with E-state index in [-0.39, 0.29) is 0 Å². The molecule has 0 spiro atoms. The fourth-order valence-corrected chi connectivity index (χ4v) is 3.74. The third kappa shape index (κ3) is 3.50. The van der Waals surface area contributed by atoms with Crippen LogP contribution in [0.25, 0.3) is 0 Å². The summed E-state index contributed by atoms with van der Waals surface area (Å²) < 4.78 is 5.45. The maximum absolute atomic E-state index is 6.50. The molecule has 0 aliphatic carbocycles. The molecule has 0 saturated carbocycles. The Bertz CT molecular complexity index is 495. The van der Waals surface area contributed by atoms with E-state index in [1.54, 1.807) is 0 Å². The predicted molar refractivity (Wildman–Crippen MR) is 93.4 cm³/mol. The zero-order valence-corrected chi connectivity index (χ0v) is 14.4. The number of piperidine rings is 1. The molecule has 2 aliphatic rings. The molecule has 2 aliphatic heterocycles. The SMILES string of the molecule is CN(C)c1ccc(N2CCC(N3CCOCC3)CC2)c(Cl)c1. The van der Waals surface area contributed by atoms with Gasteiger partial charge in [-0.3, -0.25) is 4.90 Å². The number of rotatable bonds is 3. The van der Waals surface area contributed by atoms with Crippen LogP contribution in [-0.2, 0) is 4.74 Å². The Morgan fingerprint density at radius 1 is 1.09 bits per heavy atom. The minimum Gasteiger partial charge on any atom is -0.379 e. The van der Waals surface area contributed by atoms with Gasteiger partial charge in [-0.2, -0.15) is 0 Å². The summed E-state index contributed by atoms with van der Waals surface area (Å²) in [5, 5.41) is 0.857. The number of ether oxygens (including phenoxy) is 1. The van der Waals surface area contributed by atoms with Gasteiger partial charge in [0.1, 0.15) is 0 Å². The summed E-state index contributed by atoms with van der Waals surface area (Å²) in [7, 11) is 4.08. The second-order valence-corrected chi connectivity index (χ2v) is 6.80. The van der Waals surface area contributed by atoms with Crippen molar-refractivity contribution in [3.8, 4) is 0 Å². The number of nitrogens with zero attached hydrogens (tertiary/aromatic N) is 3. The topological polar surface area (TPSA) is 19.0 Å². The molecular formula is C17H26ClN3O. The predicted octanol–water partition coefficient (Wildman–Crippen LogP) is 2.71. The molecule has 2 fully saturated rings. The highest BCUT2D eigenvalue weighted by atomic mass is 35.5. The lowest BCUT2D eigenvalue weighted by atomic mass is 10.0. The number of hydrogen-bond acceptors (Lipinski definition) is 4. The lowest BCUT2D eigenvalue weighted by Gasteiger charge is -2.41. The summed E-state index contributed by atoms with van der Waals surface area (Å²) in [5.74, 6) is 0. The Labute approximate surface area is 138 Å². The van der Waals surface area contributed by atoms with Crippen LogP contribution in [0, 0.1) is 0 Å². The van der Waals surface area contributed by atoms with Crippen LogP contribution in [0.5, 0.6) is 0 Å². The molecule has 1 aromatic carbocycles. The maximum Gasteiger partial charge on any atom is 0.0660 e. The fraction of sp³-hybridized carbons (Fsp3) is 0.647. The summed E-state index contributed by atoms with van der Waals surface area (Å²) in [4.78, 5) is 7.11. The second-order valence-electron chi connectivity index (χ2n) is 6.40. The van der Waals surface area contributed by atoms with Gasteiger partial charge < -0.3 is 14.5 Å². The van der Waals surface area contributed by atoms with Crippen LogP contribution in [-0.4, -0.2) is 64.4 Å². The number of morpholine rings is 1. The summed E-state index contributed by atoms with van der Waals surface area (Å²) in [5.41, 5.74) is 2.32. The zero-order valence-electron chi connectivity index (χ0n) is 13.6. The molecule has 0 atom stereocenters. The number of halogens is 1. The van der Waals surface area contributed by atoms with Crippen LogP contribution < -0.4 is 9.80 Å². The maximum atomic E-state index is 6.50. The summed E-state index contributed by atoms with van der Waals surface area (Å²) in [6, 6.07) is 7.08. The molecule has 0 unspecified atom stereocenters. The monoisotopic (exact) mass is 323 g/mol. The minimum atomic E-state index is 0.708. The molecule has 2 heterocycles. The van der Waals surface area contributed by atoms with Crippen molar-refractivity contribution in [1.29, 1.82) is 0 Å². The minimum absolute atomic E-state index is 0.708. The average Bonchev–Trinajstić information content (AvgIpc) is 2.56. The van der Waals surface area contributed by atoms with Crippen LogP contribution in [0.1, 0.15) is 12.8 Å². The normalized spacial score (nSPS) is 21.1. The summed E-state index contributed by atoms with van der Waals surface area (Å²) in [6.07, 6.45) is 2.43. The number of hydrogen-bond donors (Lipinski definition) is 0. The molecule has 22 heavy (non-hydrogen) atoms. The van der Waals surface area contributed by atoms with Gasteiger partial charge >= 0.3 is 0 Å². The van der Waals surface area contributed by atoms with E-state index >= 15 is 0 Å². The number of anilines is 2. The number of benzene rings is 1. The highest BCUT2D eigenvalue weighted by Gasteiger charge is 2.26. The molecule has 2 saturated heterocycles. The van der Waals surface area contributed by atoms with Gasteiger partial charge in [0.25, 0.3) is 0 Å². The van der Waals surface area contributed by atoms with Crippen LogP contribution >= 0.6 is 11.6 Å². The zero-order chi connectivity index (χ0) is 15.5. The smallest absolute Gasteiger partial charge is 0.0660 e. The third-order valence-corrected chi connectivity index (χ3v) is 5.12. The van der Waals surface area contributed by atoms with Crippen molar-refractivity contribution in [2.24, 2.45) is 0 Å². The molecule has 0 N–H and O–H groups in total. The molecule has 0 aromatic heterocycles. The Morgan fingerprint density at radius 2 is 1.77 bits per heavy atom. The van der Waals surface area contributed by atoms with E-state index < -0.39 is 0 Å². The van der Waals surface area contributed by atoms with Crippen LogP contribution in [0.4, 0.5) is 11.4 Å². The summed E-state index contributed by atoms with van der Waals surface area (Å²) >= 11 is 6.50. The molecule has 1 aromatic rings. The largest absolute Gasteiger partial charge is 0.379 e. The van der Waals surface area contributed by atoms with Gasteiger partial charge in [-0.1, -0.05) is 11.6 Å². The first-order chi connectivity index (χ1) is 10.6. The molecule has 4 nitrogen and oxygen atoms in total. The second kappa shape index (κ2) is 7.07. The van der Waals surface area contributed by atoms with Crippen molar-refractivity contribution in [3.63, 3.8) is 0 Å². The molecule has 5 heteroatoms. The van der Waals surface area contributed by atoms with Gasteiger partial charge in [0.05, 0.1) is 23.9 Å². The lowest BCUT2D eigenvalue weighted by molar-refractivity contribution is 0.0115. The first kappa shape index (κ1) is 15.9. The molecule has 122 valence electrons. The van der Waals surface area contributed by atoms with Crippen molar-refractivity contribution in [3.05, 3.63) is 23.2 Å². The van der Waals surface area contributed by atoms with E-state index in [4.69, 9.17) is 16.3 Å². The van der Waals surface area contributed by atoms with Crippen molar-refractivity contribution >= 4 is 23.0 Å². The molecule has 0 radical (unpaired) electrons. The van der Waals surface area contributed by atoms with Gasteiger partial charge in [-0.15, -0.1) is 0 Å². The quantitative estimate of drug-likeness (QED) is 0.851. The van der Waals surface area contributed by atoms with Crippen molar-refractivity contribution in [2.45, 2.75) is 18.9 Å². The first-order valence-electron chi connectivity index (χ1n) is 8.19. The van der Waals surface area contributed by atoms with Crippen molar-refractivity contribution in [1.82, 2.24) is 4.90 Å². The Balaban J connectivity index is 1.61. The third-order valence-electron chi connectivity index (χ3n) is 4.81. The van der Waals surface area contributed by atoms with Crippen molar-refractivity contribution < 1.29 is 4.74 Å². The average molecular weight is 324 g/mol. The molecule has 0 bridgehead atoms.